The van der Waals surface area contributed by atoms with Crippen LogP contribution in [0.15, 0.2) is 18.2 Å². The lowest BCUT2D eigenvalue weighted by Gasteiger charge is -2.11. The summed E-state index contributed by atoms with van der Waals surface area (Å²) in [5.74, 6) is 2.14. The largest absolute Gasteiger partial charge is 0.490 e. The smallest absolute Gasteiger partial charge is 0.123 e. The molecule has 1 aromatic carbocycles. The van der Waals surface area contributed by atoms with Crippen LogP contribution >= 0.6 is 0 Å². The molecule has 1 saturated carbocycles. The van der Waals surface area contributed by atoms with E-state index in [1.807, 2.05) is 12.1 Å². The topological polar surface area (TPSA) is 29.5 Å². The van der Waals surface area contributed by atoms with Gasteiger partial charge in [0.1, 0.15) is 11.9 Å². The number of rotatable bonds is 2. The van der Waals surface area contributed by atoms with Crippen LogP contribution in [0, 0.1) is 11.8 Å². The maximum Gasteiger partial charge on any atom is 0.123 e. The van der Waals surface area contributed by atoms with Crippen LogP contribution in [0.25, 0.3) is 0 Å². The fourth-order valence-corrected chi connectivity index (χ4v) is 2.66. The molecule has 0 bridgehead atoms. The third-order valence-electron chi connectivity index (χ3n) is 3.84. The summed E-state index contributed by atoms with van der Waals surface area (Å²) in [4.78, 5) is 0. The van der Waals surface area contributed by atoms with Gasteiger partial charge in [-0.05, 0) is 48.4 Å². The van der Waals surface area contributed by atoms with E-state index in [0.717, 1.165) is 24.2 Å². The first-order valence-electron chi connectivity index (χ1n) is 6.12. The normalized spacial score (nSPS) is 33.1. The maximum absolute atomic E-state index is 10.2. The minimum Gasteiger partial charge on any atom is -0.490 e. The Labute approximate surface area is 96.2 Å². The van der Waals surface area contributed by atoms with Crippen molar-refractivity contribution in [1.82, 2.24) is 0 Å². The Bertz CT molecular complexity index is 413. The SMILES string of the molecule is CC1Cc2cc(C(O)C3CC3C)ccc2O1. The van der Waals surface area contributed by atoms with Crippen molar-refractivity contribution in [3.8, 4) is 5.75 Å². The molecule has 0 saturated heterocycles. The van der Waals surface area contributed by atoms with Gasteiger partial charge in [0.15, 0.2) is 0 Å². The van der Waals surface area contributed by atoms with Gasteiger partial charge in [-0.2, -0.15) is 0 Å². The van der Waals surface area contributed by atoms with E-state index in [2.05, 4.69) is 19.9 Å². The number of ether oxygens (including phenoxy) is 1. The van der Waals surface area contributed by atoms with Gasteiger partial charge in [-0.1, -0.05) is 13.0 Å². The third kappa shape index (κ3) is 1.61. The number of benzene rings is 1. The summed E-state index contributed by atoms with van der Waals surface area (Å²) in [6, 6.07) is 6.13. The number of fused-ring (bicyclic) bond motifs is 1. The van der Waals surface area contributed by atoms with Crippen molar-refractivity contribution in [3.63, 3.8) is 0 Å². The molecule has 0 spiro atoms. The van der Waals surface area contributed by atoms with Crippen molar-refractivity contribution in [2.45, 2.75) is 38.9 Å². The van der Waals surface area contributed by atoms with Crippen LogP contribution in [-0.2, 0) is 6.42 Å². The Morgan fingerprint density at radius 1 is 1.38 bits per heavy atom. The Balaban J connectivity index is 1.84. The minimum absolute atomic E-state index is 0.280. The number of hydrogen-bond acceptors (Lipinski definition) is 2. The Hall–Kier alpha value is -1.02. The standard InChI is InChI=1S/C14H18O2/c1-8-5-12(8)14(15)10-3-4-13-11(7-10)6-9(2)16-13/h3-4,7-9,12,14-15H,5-6H2,1-2H3. The molecule has 2 heteroatoms. The fourth-order valence-electron chi connectivity index (χ4n) is 2.66. The first kappa shape index (κ1) is 10.2. The lowest BCUT2D eigenvalue weighted by molar-refractivity contribution is 0.148. The molecule has 1 heterocycles. The average Bonchev–Trinajstić information content (AvgIpc) is 2.85. The molecular formula is C14H18O2. The van der Waals surface area contributed by atoms with Crippen LogP contribution in [0.4, 0.5) is 0 Å². The molecule has 1 fully saturated rings. The number of aliphatic hydroxyl groups is 1. The lowest BCUT2D eigenvalue weighted by atomic mass is 10.00. The predicted octanol–water partition coefficient (Wildman–Crippen LogP) is 2.70. The van der Waals surface area contributed by atoms with Crippen LogP contribution in [0.2, 0.25) is 0 Å². The summed E-state index contributed by atoms with van der Waals surface area (Å²) in [7, 11) is 0. The van der Waals surface area contributed by atoms with E-state index in [-0.39, 0.29) is 12.2 Å². The highest BCUT2D eigenvalue weighted by molar-refractivity contribution is 5.41. The highest BCUT2D eigenvalue weighted by atomic mass is 16.5. The van der Waals surface area contributed by atoms with Gasteiger partial charge >= 0.3 is 0 Å². The first-order chi connectivity index (χ1) is 7.65. The summed E-state index contributed by atoms with van der Waals surface area (Å²) >= 11 is 0. The molecule has 1 aliphatic heterocycles. The molecule has 2 aliphatic rings. The van der Waals surface area contributed by atoms with Crippen molar-refractivity contribution >= 4 is 0 Å². The van der Waals surface area contributed by atoms with E-state index in [0.29, 0.717) is 11.8 Å². The molecule has 3 rings (SSSR count). The molecule has 2 nitrogen and oxygen atoms in total. The molecule has 0 amide bonds. The second kappa shape index (κ2) is 3.49. The average molecular weight is 218 g/mol. The zero-order valence-corrected chi connectivity index (χ0v) is 9.81. The van der Waals surface area contributed by atoms with E-state index >= 15 is 0 Å². The van der Waals surface area contributed by atoms with E-state index in [1.54, 1.807) is 0 Å². The molecule has 0 aromatic heterocycles. The van der Waals surface area contributed by atoms with E-state index in [4.69, 9.17) is 4.74 Å². The summed E-state index contributed by atoms with van der Waals surface area (Å²) in [6.45, 7) is 4.28. The van der Waals surface area contributed by atoms with E-state index in [9.17, 15) is 5.11 Å². The molecule has 0 radical (unpaired) electrons. The van der Waals surface area contributed by atoms with Gasteiger partial charge in [-0.3, -0.25) is 0 Å². The Morgan fingerprint density at radius 2 is 2.12 bits per heavy atom. The molecule has 1 aliphatic carbocycles. The third-order valence-corrected chi connectivity index (χ3v) is 3.84. The second-order valence-corrected chi connectivity index (χ2v) is 5.32. The van der Waals surface area contributed by atoms with Gasteiger partial charge in [0.05, 0.1) is 6.10 Å². The fraction of sp³-hybridized carbons (Fsp3) is 0.571. The Morgan fingerprint density at radius 3 is 2.81 bits per heavy atom. The van der Waals surface area contributed by atoms with Gasteiger partial charge < -0.3 is 9.84 Å². The van der Waals surface area contributed by atoms with Crippen LogP contribution in [0.3, 0.4) is 0 Å². The quantitative estimate of drug-likeness (QED) is 0.827. The second-order valence-electron chi connectivity index (χ2n) is 5.32. The summed E-state index contributed by atoms with van der Waals surface area (Å²) < 4.78 is 5.66. The molecule has 1 N–H and O–H groups in total. The van der Waals surface area contributed by atoms with Gasteiger partial charge in [0, 0.05) is 6.42 Å². The summed E-state index contributed by atoms with van der Waals surface area (Å²) in [5, 5.41) is 10.2. The first-order valence-corrected chi connectivity index (χ1v) is 6.12. The molecule has 1 aromatic rings. The van der Waals surface area contributed by atoms with Crippen LogP contribution < -0.4 is 4.74 Å². The zero-order valence-electron chi connectivity index (χ0n) is 9.81. The zero-order chi connectivity index (χ0) is 11.3. The minimum atomic E-state index is -0.281. The van der Waals surface area contributed by atoms with Crippen molar-refractivity contribution in [2.24, 2.45) is 11.8 Å². The van der Waals surface area contributed by atoms with E-state index < -0.39 is 0 Å². The van der Waals surface area contributed by atoms with Crippen LogP contribution in [0.1, 0.15) is 37.5 Å². The lowest BCUT2D eigenvalue weighted by Crippen LogP contribution is -2.05. The molecule has 86 valence electrons. The maximum atomic E-state index is 10.2. The molecule has 4 atom stereocenters. The molecule has 16 heavy (non-hydrogen) atoms. The van der Waals surface area contributed by atoms with Crippen LogP contribution in [0.5, 0.6) is 5.75 Å². The highest BCUT2D eigenvalue weighted by Gasteiger charge is 2.39. The number of aliphatic hydroxyl groups excluding tert-OH is 1. The van der Waals surface area contributed by atoms with Gasteiger partial charge in [0.2, 0.25) is 0 Å². The van der Waals surface area contributed by atoms with Gasteiger partial charge in [-0.25, -0.2) is 0 Å². The summed E-state index contributed by atoms with van der Waals surface area (Å²) in [5.41, 5.74) is 2.31. The predicted molar refractivity (Wildman–Crippen MR) is 62.5 cm³/mol. The number of hydrogen-bond donors (Lipinski definition) is 1. The molecular weight excluding hydrogens is 200 g/mol. The molecule has 4 unspecified atom stereocenters. The van der Waals surface area contributed by atoms with Gasteiger partial charge in [0.25, 0.3) is 0 Å². The van der Waals surface area contributed by atoms with E-state index in [1.165, 1.54) is 5.56 Å². The highest BCUT2D eigenvalue weighted by Crippen LogP contribution is 2.47. The van der Waals surface area contributed by atoms with Gasteiger partial charge in [-0.15, -0.1) is 0 Å². The Kier molecular flexibility index (Phi) is 2.21. The van der Waals surface area contributed by atoms with Crippen molar-refractivity contribution < 1.29 is 9.84 Å². The summed E-state index contributed by atoms with van der Waals surface area (Å²) in [6.07, 6.45) is 2.12. The van der Waals surface area contributed by atoms with Crippen molar-refractivity contribution in [3.05, 3.63) is 29.3 Å². The van der Waals surface area contributed by atoms with Crippen molar-refractivity contribution in [2.75, 3.05) is 0 Å². The van der Waals surface area contributed by atoms with Crippen molar-refractivity contribution in [1.29, 1.82) is 0 Å². The monoisotopic (exact) mass is 218 g/mol. The van der Waals surface area contributed by atoms with Crippen LogP contribution in [-0.4, -0.2) is 11.2 Å².